The molecule has 0 saturated heterocycles. The SMILES string of the molecule is COc1cc2c(c3[nH]c(C(=O)O)cc13)OC(C)C2. The Bertz CT molecular complexity index is 644. The molecule has 0 spiro atoms. The minimum absolute atomic E-state index is 0.104. The van der Waals surface area contributed by atoms with E-state index in [1.165, 1.54) is 0 Å². The fourth-order valence-electron chi connectivity index (χ4n) is 2.41. The van der Waals surface area contributed by atoms with Crippen LogP contribution in [0.4, 0.5) is 0 Å². The molecule has 2 heterocycles. The fourth-order valence-corrected chi connectivity index (χ4v) is 2.41. The van der Waals surface area contributed by atoms with E-state index in [4.69, 9.17) is 14.6 Å². The van der Waals surface area contributed by atoms with Crippen molar-refractivity contribution in [2.24, 2.45) is 0 Å². The van der Waals surface area contributed by atoms with E-state index in [1.54, 1.807) is 13.2 Å². The van der Waals surface area contributed by atoms with Gasteiger partial charge >= 0.3 is 5.97 Å². The molecule has 1 aliphatic heterocycles. The van der Waals surface area contributed by atoms with Crippen molar-refractivity contribution in [2.75, 3.05) is 7.11 Å². The van der Waals surface area contributed by atoms with Crippen molar-refractivity contribution in [2.45, 2.75) is 19.4 Å². The average Bonchev–Trinajstić information content (AvgIpc) is 2.89. The van der Waals surface area contributed by atoms with Gasteiger partial charge in [-0.1, -0.05) is 0 Å². The van der Waals surface area contributed by atoms with Crippen LogP contribution in [0.1, 0.15) is 23.0 Å². The molecule has 1 atom stereocenters. The molecule has 94 valence electrons. The Balaban J connectivity index is 2.31. The first-order valence-electron chi connectivity index (χ1n) is 5.72. The summed E-state index contributed by atoms with van der Waals surface area (Å²) in [4.78, 5) is 13.9. The second-order valence-corrected chi connectivity index (χ2v) is 4.48. The van der Waals surface area contributed by atoms with Crippen molar-refractivity contribution >= 4 is 16.9 Å². The number of H-pyrrole nitrogens is 1. The minimum atomic E-state index is -0.993. The quantitative estimate of drug-likeness (QED) is 0.853. The third-order valence-corrected chi connectivity index (χ3v) is 3.18. The largest absolute Gasteiger partial charge is 0.496 e. The van der Waals surface area contributed by atoms with Crippen molar-refractivity contribution in [3.63, 3.8) is 0 Å². The summed E-state index contributed by atoms with van der Waals surface area (Å²) in [6.45, 7) is 1.99. The van der Waals surface area contributed by atoms with Crippen molar-refractivity contribution in [1.82, 2.24) is 4.98 Å². The number of ether oxygens (including phenoxy) is 2. The summed E-state index contributed by atoms with van der Waals surface area (Å²) in [5.74, 6) is 0.420. The van der Waals surface area contributed by atoms with Crippen LogP contribution in [0.25, 0.3) is 10.9 Å². The second kappa shape index (κ2) is 3.66. The highest BCUT2D eigenvalue weighted by Crippen LogP contribution is 2.41. The molecule has 0 bridgehead atoms. The zero-order chi connectivity index (χ0) is 12.9. The number of nitrogens with one attached hydrogen (secondary N) is 1. The highest BCUT2D eigenvalue weighted by atomic mass is 16.5. The maximum Gasteiger partial charge on any atom is 0.352 e. The van der Waals surface area contributed by atoms with Crippen LogP contribution in [0.5, 0.6) is 11.5 Å². The first kappa shape index (κ1) is 11.0. The Labute approximate surface area is 103 Å². The van der Waals surface area contributed by atoms with Gasteiger partial charge in [0.2, 0.25) is 0 Å². The Hall–Kier alpha value is -2.17. The maximum absolute atomic E-state index is 11.0. The van der Waals surface area contributed by atoms with Crippen LogP contribution < -0.4 is 9.47 Å². The van der Waals surface area contributed by atoms with Gasteiger partial charge in [0.15, 0.2) is 0 Å². The van der Waals surface area contributed by atoms with Gasteiger partial charge in [-0.05, 0) is 19.1 Å². The van der Waals surface area contributed by atoms with Gasteiger partial charge in [0.05, 0.1) is 12.6 Å². The van der Waals surface area contributed by atoms with Gasteiger partial charge in [0.25, 0.3) is 0 Å². The molecular weight excluding hydrogens is 234 g/mol. The third-order valence-electron chi connectivity index (χ3n) is 3.18. The number of benzene rings is 1. The molecule has 1 aromatic carbocycles. The molecule has 5 heteroatoms. The first-order chi connectivity index (χ1) is 8.60. The third kappa shape index (κ3) is 1.44. The van der Waals surface area contributed by atoms with Gasteiger partial charge in [0.1, 0.15) is 23.3 Å². The van der Waals surface area contributed by atoms with Gasteiger partial charge in [-0.3, -0.25) is 0 Å². The molecule has 0 fully saturated rings. The lowest BCUT2D eigenvalue weighted by Gasteiger charge is -2.06. The molecule has 0 aliphatic carbocycles. The summed E-state index contributed by atoms with van der Waals surface area (Å²) >= 11 is 0. The predicted molar refractivity (Wildman–Crippen MR) is 65.6 cm³/mol. The summed E-state index contributed by atoms with van der Waals surface area (Å²) in [6.07, 6.45) is 0.912. The highest BCUT2D eigenvalue weighted by molar-refractivity contribution is 5.99. The lowest BCUT2D eigenvalue weighted by Crippen LogP contribution is -2.05. The lowest BCUT2D eigenvalue weighted by atomic mass is 10.1. The van der Waals surface area contributed by atoms with Crippen molar-refractivity contribution < 1.29 is 19.4 Å². The lowest BCUT2D eigenvalue weighted by molar-refractivity contribution is 0.0691. The normalized spacial score (nSPS) is 17.6. The molecule has 0 radical (unpaired) electrons. The minimum Gasteiger partial charge on any atom is -0.496 e. The van der Waals surface area contributed by atoms with Crippen LogP contribution in [-0.2, 0) is 6.42 Å². The molecule has 2 N–H and O–H groups in total. The number of methoxy groups -OCH3 is 1. The van der Waals surface area contributed by atoms with E-state index in [1.807, 2.05) is 13.0 Å². The Kier molecular flexibility index (Phi) is 2.23. The van der Waals surface area contributed by atoms with E-state index in [0.717, 1.165) is 23.1 Å². The zero-order valence-corrected chi connectivity index (χ0v) is 10.1. The molecule has 0 saturated carbocycles. The molecule has 5 nitrogen and oxygen atoms in total. The van der Waals surface area contributed by atoms with E-state index in [0.29, 0.717) is 11.3 Å². The summed E-state index contributed by atoms with van der Waals surface area (Å²) in [7, 11) is 1.58. The Morgan fingerprint density at radius 1 is 1.56 bits per heavy atom. The van der Waals surface area contributed by atoms with Gasteiger partial charge in [-0.15, -0.1) is 0 Å². The molecule has 1 unspecified atom stereocenters. The molecule has 18 heavy (non-hydrogen) atoms. The Morgan fingerprint density at radius 3 is 3.00 bits per heavy atom. The Morgan fingerprint density at radius 2 is 2.33 bits per heavy atom. The van der Waals surface area contributed by atoms with Gasteiger partial charge < -0.3 is 19.6 Å². The van der Waals surface area contributed by atoms with Crippen LogP contribution in [-0.4, -0.2) is 29.3 Å². The van der Waals surface area contributed by atoms with Crippen LogP contribution >= 0.6 is 0 Å². The maximum atomic E-state index is 11.0. The number of aromatic amines is 1. The zero-order valence-electron chi connectivity index (χ0n) is 10.1. The number of aromatic nitrogens is 1. The van der Waals surface area contributed by atoms with Crippen molar-refractivity contribution in [1.29, 1.82) is 0 Å². The van der Waals surface area contributed by atoms with E-state index in [2.05, 4.69) is 4.98 Å². The number of carbonyl (C=O) groups is 1. The predicted octanol–water partition coefficient (Wildman–Crippen LogP) is 2.20. The van der Waals surface area contributed by atoms with Crippen LogP contribution in [0.15, 0.2) is 12.1 Å². The molecule has 0 amide bonds. The smallest absolute Gasteiger partial charge is 0.352 e. The van der Waals surface area contributed by atoms with E-state index in [-0.39, 0.29) is 11.8 Å². The summed E-state index contributed by atoms with van der Waals surface area (Å²) < 4.78 is 11.0. The number of fused-ring (bicyclic) bond motifs is 3. The highest BCUT2D eigenvalue weighted by Gasteiger charge is 2.25. The van der Waals surface area contributed by atoms with E-state index in [9.17, 15) is 4.79 Å². The fraction of sp³-hybridized carbons (Fsp3) is 0.308. The number of hydrogen-bond acceptors (Lipinski definition) is 3. The first-order valence-corrected chi connectivity index (χ1v) is 5.72. The second-order valence-electron chi connectivity index (χ2n) is 4.48. The molecule has 1 aliphatic rings. The van der Waals surface area contributed by atoms with Crippen LogP contribution in [0.2, 0.25) is 0 Å². The number of rotatable bonds is 2. The number of carboxylic acid groups (broad SMARTS) is 1. The van der Waals surface area contributed by atoms with Crippen LogP contribution in [0.3, 0.4) is 0 Å². The number of aromatic carboxylic acids is 1. The van der Waals surface area contributed by atoms with Gasteiger partial charge in [-0.25, -0.2) is 4.79 Å². The van der Waals surface area contributed by atoms with Crippen molar-refractivity contribution in [3.05, 3.63) is 23.4 Å². The average molecular weight is 247 g/mol. The summed E-state index contributed by atoms with van der Waals surface area (Å²) in [6, 6.07) is 3.49. The number of hydrogen-bond donors (Lipinski definition) is 2. The topological polar surface area (TPSA) is 71.6 Å². The monoisotopic (exact) mass is 247 g/mol. The molecular formula is C13H13NO4. The van der Waals surface area contributed by atoms with Crippen LogP contribution in [0, 0.1) is 0 Å². The molecule has 2 aromatic rings. The van der Waals surface area contributed by atoms with E-state index < -0.39 is 5.97 Å². The molecule has 3 rings (SSSR count). The van der Waals surface area contributed by atoms with Gasteiger partial charge in [-0.2, -0.15) is 0 Å². The van der Waals surface area contributed by atoms with E-state index >= 15 is 0 Å². The molecule has 1 aromatic heterocycles. The van der Waals surface area contributed by atoms with Crippen molar-refractivity contribution in [3.8, 4) is 11.5 Å². The number of carboxylic acids is 1. The summed E-state index contributed by atoms with van der Waals surface area (Å²) in [5.41, 5.74) is 1.89. The summed E-state index contributed by atoms with van der Waals surface area (Å²) in [5, 5.41) is 9.78. The van der Waals surface area contributed by atoms with Gasteiger partial charge in [0, 0.05) is 17.4 Å². The standard InChI is InChI=1S/C13H13NO4/c1-6-3-7-4-10(17-2)8-5-9(13(15)16)14-11(8)12(7)18-6/h4-6,14H,3H2,1-2H3,(H,15,16).